The fourth-order valence-electron chi connectivity index (χ4n) is 4.79. The van der Waals surface area contributed by atoms with Crippen LogP contribution in [0.15, 0.2) is 36.8 Å². The number of nitrogens with one attached hydrogen (secondary N) is 2. The van der Waals surface area contributed by atoms with Crippen LogP contribution in [0.4, 0.5) is 10.5 Å². The van der Waals surface area contributed by atoms with Gasteiger partial charge in [-0.25, -0.2) is 19.4 Å². The number of benzene rings is 1. The molecule has 2 aromatic heterocycles. The first kappa shape index (κ1) is 19.9. The second kappa shape index (κ2) is 8.63. The Morgan fingerprint density at radius 3 is 2.52 bits per heavy atom. The molecular weight excluding hydrogens is 392 g/mol. The zero-order valence-electron chi connectivity index (χ0n) is 17.5. The van der Waals surface area contributed by atoms with Gasteiger partial charge in [0.15, 0.2) is 5.65 Å². The van der Waals surface area contributed by atoms with Crippen LogP contribution in [0.3, 0.4) is 0 Å². The quantitative estimate of drug-likeness (QED) is 0.591. The second-order valence-electron chi connectivity index (χ2n) is 8.67. The number of anilines is 1. The summed E-state index contributed by atoms with van der Waals surface area (Å²) in [7, 11) is 0. The Hall–Kier alpha value is -3.00. The Morgan fingerprint density at radius 2 is 1.77 bits per heavy atom. The van der Waals surface area contributed by atoms with Crippen LogP contribution in [0.5, 0.6) is 0 Å². The van der Waals surface area contributed by atoms with E-state index < -0.39 is 0 Å². The summed E-state index contributed by atoms with van der Waals surface area (Å²) >= 11 is 0. The number of aliphatic hydroxyl groups excluding tert-OH is 1. The average Bonchev–Trinajstić information content (AvgIpc) is 3.43. The monoisotopic (exact) mass is 420 g/mol. The Kier molecular flexibility index (Phi) is 5.55. The highest BCUT2D eigenvalue weighted by atomic mass is 16.3. The summed E-state index contributed by atoms with van der Waals surface area (Å²) in [4.78, 5) is 20.9. The van der Waals surface area contributed by atoms with Gasteiger partial charge in [-0.05, 0) is 50.7 Å². The fraction of sp³-hybridized carbons (Fsp3) is 0.478. The molecule has 2 amide bonds. The van der Waals surface area contributed by atoms with Gasteiger partial charge in [-0.1, -0.05) is 25.0 Å². The van der Waals surface area contributed by atoms with E-state index in [0.717, 1.165) is 66.5 Å². The summed E-state index contributed by atoms with van der Waals surface area (Å²) < 4.78 is 2.00. The smallest absolute Gasteiger partial charge is 0.319 e. The molecule has 8 nitrogen and oxygen atoms in total. The van der Waals surface area contributed by atoms with E-state index in [1.54, 1.807) is 12.5 Å². The average molecular weight is 421 g/mol. The Labute approximate surface area is 181 Å². The van der Waals surface area contributed by atoms with Crippen LogP contribution in [0.2, 0.25) is 0 Å². The van der Waals surface area contributed by atoms with E-state index in [0.29, 0.717) is 0 Å². The molecule has 31 heavy (non-hydrogen) atoms. The number of aliphatic hydroxyl groups is 1. The van der Waals surface area contributed by atoms with Crippen molar-refractivity contribution in [2.45, 2.75) is 69.6 Å². The van der Waals surface area contributed by atoms with Crippen LogP contribution in [-0.2, 0) is 0 Å². The topological polar surface area (TPSA) is 105 Å². The molecule has 0 aliphatic heterocycles. The van der Waals surface area contributed by atoms with Crippen molar-refractivity contribution in [2.24, 2.45) is 0 Å². The number of amides is 2. The lowest BCUT2D eigenvalue weighted by atomic mass is 9.93. The van der Waals surface area contributed by atoms with Gasteiger partial charge in [0.2, 0.25) is 0 Å². The van der Waals surface area contributed by atoms with E-state index >= 15 is 0 Å². The lowest BCUT2D eigenvalue weighted by Gasteiger charge is -2.25. The van der Waals surface area contributed by atoms with Crippen molar-refractivity contribution in [3.63, 3.8) is 0 Å². The lowest BCUT2D eigenvalue weighted by molar-refractivity contribution is 0.109. The Bertz CT molecular complexity index is 1050. The largest absolute Gasteiger partial charge is 0.393 e. The van der Waals surface area contributed by atoms with Gasteiger partial charge in [-0.2, -0.15) is 5.10 Å². The van der Waals surface area contributed by atoms with Crippen molar-refractivity contribution in [1.29, 1.82) is 0 Å². The summed E-state index contributed by atoms with van der Waals surface area (Å²) in [5.41, 5.74) is 3.37. The summed E-state index contributed by atoms with van der Waals surface area (Å²) in [6, 6.07) is 8.10. The minimum Gasteiger partial charge on any atom is -0.393 e. The molecular formula is C23H28N6O2. The molecule has 0 saturated heterocycles. The minimum atomic E-state index is -0.210. The van der Waals surface area contributed by atoms with E-state index in [-0.39, 0.29) is 24.2 Å². The van der Waals surface area contributed by atoms with Crippen molar-refractivity contribution < 1.29 is 9.90 Å². The first-order chi connectivity index (χ1) is 15.2. The molecule has 3 N–H and O–H groups in total. The van der Waals surface area contributed by atoms with Crippen molar-refractivity contribution in [3.8, 4) is 11.3 Å². The molecule has 3 aromatic rings. The highest BCUT2D eigenvalue weighted by Gasteiger charge is 2.25. The number of fused-ring (bicyclic) bond motifs is 1. The summed E-state index contributed by atoms with van der Waals surface area (Å²) in [5.74, 6) is 0. The van der Waals surface area contributed by atoms with Crippen molar-refractivity contribution >= 4 is 22.8 Å². The van der Waals surface area contributed by atoms with Gasteiger partial charge in [0.05, 0.1) is 17.5 Å². The number of carbonyl (C=O) groups excluding carboxylic acids is 1. The first-order valence-corrected chi connectivity index (χ1v) is 11.2. The summed E-state index contributed by atoms with van der Waals surface area (Å²) in [5, 5.41) is 21.6. The predicted molar refractivity (Wildman–Crippen MR) is 119 cm³/mol. The highest BCUT2D eigenvalue weighted by molar-refractivity contribution is 5.92. The molecule has 0 unspecified atom stereocenters. The number of nitrogens with zero attached hydrogens (tertiary/aromatic N) is 4. The maximum absolute atomic E-state index is 12.2. The maximum atomic E-state index is 12.2. The van der Waals surface area contributed by atoms with Crippen LogP contribution in [0.1, 0.15) is 57.4 Å². The number of urea groups is 1. The standard InChI is InChI=1S/C23H28N6O2/c30-19-11-9-18(10-12-19)29-22-20(13-24-14-25-22)21(28-29)15-5-7-17(8-6-15)27-23(31)26-16-3-1-2-4-16/h5-8,13-14,16,18-19,30H,1-4,9-12H2,(H2,26,27,31). The molecule has 2 saturated carbocycles. The Morgan fingerprint density at radius 1 is 1.03 bits per heavy atom. The normalized spacial score (nSPS) is 22.0. The minimum absolute atomic E-state index is 0.151. The van der Waals surface area contributed by atoms with E-state index in [1.165, 1.54) is 12.8 Å². The number of hydrogen-bond acceptors (Lipinski definition) is 5. The fourth-order valence-corrected chi connectivity index (χ4v) is 4.79. The van der Waals surface area contributed by atoms with Crippen molar-refractivity contribution in [1.82, 2.24) is 25.1 Å². The van der Waals surface area contributed by atoms with Gasteiger partial charge in [0.25, 0.3) is 0 Å². The van der Waals surface area contributed by atoms with Gasteiger partial charge >= 0.3 is 6.03 Å². The van der Waals surface area contributed by atoms with Crippen molar-refractivity contribution in [2.75, 3.05) is 5.32 Å². The van der Waals surface area contributed by atoms with Crippen LogP contribution in [0, 0.1) is 0 Å². The molecule has 0 atom stereocenters. The SMILES string of the molecule is O=C(Nc1ccc(-c2nn(C3CCC(O)CC3)c3ncncc23)cc1)NC1CCCC1. The van der Waals surface area contributed by atoms with Crippen LogP contribution in [-0.4, -0.2) is 43.0 Å². The lowest BCUT2D eigenvalue weighted by Crippen LogP contribution is -2.36. The summed E-state index contributed by atoms with van der Waals surface area (Å²) in [6.45, 7) is 0. The van der Waals surface area contributed by atoms with Gasteiger partial charge in [-0.15, -0.1) is 0 Å². The predicted octanol–water partition coefficient (Wildman–Crippen LogP) is 4.03. The second-order valence-corrected chi connectivity index (χ2v) is 8.67. The molecule has 2 heterocycles. The molecule has 5 rings (SSSR count). The van der Waals surface area contributed by atoms with E-state index in [1.807, 2.05) is 28.9 Å². The first-order valence-electron chi connectivity index (χ1n) is 11.2. The molecule has 2 fully saturated rings. The highest BCUT2D eigenvalue weighted by Crippen LogP contribution is 2.34. The zero-order valence-corrected chi connectivity index (χ0v) is 17.5. The molecule has 0 radical (unpaired) electrons. The molecule has 2 aliphatic rings. The van der Waals surface area contributed by atoms with Gasteiger partial charge in [0, 0.05) is 23.5 Å². The number of aromatic nitrogens is 4. The molecule has 0 spiro atoms. The van der Waals surface area contributed by atoms with Gasteiger partial charge in [-0.3, -0.25) is 0 Å². The third kappa shape index (κ3) is 4.25. The number of rotatable bonds is 4. The van der Waals surface area contributed by atoms with Crippen molar-refractivity contribution in [3.05, 3.63) is 36.8 Å². The number of carbonyl (C=O) groups is 1. The third-order valence-corrected chi connectivity index (χ3v) is 6.49. The molecule has 0 bridgehead atoms. The third-order valence-electron chi connectivity index (χ3n) is 6.49. The Balaban J connectivity index is 1.36. The maximum Gasteiger partial charge on any atom is 0.319 e. The number of hydrogen-bond donors (Lipinski definition) is 3. The van der Waals surface area contributed by atoms with E-state index in [2.05, 4.69) is 20.6 Å². The molecule has 1 aromatic carbocycles. The van der Waals surface area contributed by atoms with E-state index in [4.69, 9.17) is 5.10 Å². The van der Waals surface area contributed by atoms with Crippen LogP contribution < -0.4 is 10.6 Å². The zero-order chi connectivity index (χ0) is 21.2. The van der Waals surface area contributed by atoms with Gasteiger partial charge in [0.1, 0.15) is 12.0 Å². The van der Waals surface area contributed by atoms with Crippen LogP contribution in [0.25, 0.3) is 22.3 Å². The summed E-state index contributed by atoms with van der Waals surface area (Å²) in [6.07, 6.45) is 11.0. The van der Waals surface area contributed by atoms with Gasteiger partial charge < -0.3 is 15.7 Å². The van der Waals surface area contributed by atoms with E-state index in [9.17, 15) is 9.90 Å². The van der Waals surface area contributed by atoms with Crippen LogP contribution >= 0.6 is 0 Å². The molecule has 8 heteroatoms. The molecule has 162 valence electrons. The molecule has 2 aliphatic carbocycles.